The van der Waals surface area contributed by atoms with E-state index in [-0.39, 0.29) is 5.92 Å². The largest absolute Gasteiger partial charge is 0.486 e. The monoisotopic (exact) mass is 327 g/mol. The summed E-state index contributed by atoms with van der Waals surface area (Å²) in [6.45, 7) is 1.46. The molecule has 0 spiro atoms. The molecule has 0 radical (unpaired) electrons. The van der Waals surface area contributed by atoms with E-state index in [1.165, 1.54) is 0 Å². The molecule has 0 unspecified atom stereocenters. The second kappa shape index (κ2) is 3.77. The van der Waals surface area contributed by atoms with Gasteiger partial charge in [-0.15, -0.1) is 0 Å². The van der Waals surface area contributed by atoms with Crippen molar-refractivity contribution in [1.29, 1.82) is 5.26 Å². The van der Waals surface area contributed by atoms with Crippen LogP contribution in [0, 0.1) is 20.8 Å². The molecular weight excluding hydrogens is 317 g/mol. The minimum atomic E-state index is 0.110. The molecule has 2 atom stereocenters. The fourth-order valence-corrected chi connectivity index (χ4v) is 2.92. The van der Waals surface area contributed by atoms with Crippen LogP contribution in [0.4, 0.5) is 5.82 Å². The summed E-state index contributed by atoms with van der Waals surface area (Å²) in [6, 6.07) is 4.60. The van der Waals surface area contributed by atoms with Gasteiger partial charge < -0.3 is 9.64 Å². The quantitative estimate of drug-likeness (QED) is 0.682. The first-order valence-electron chi connectivity index (χ1n) is 5.23. The molecule has 0 bridgehead atoms. The molecule has 1 aromatic rings. The molecule has 0 N–H and O–H groups in total. The first kappa shape index (κ1) is 10.1. The molecule has 1 saturated heterocycles. The Kier molecular flexibility index (Phi) is 2.39. The number of anilines is 1. The van der Waals surface area contributed by atoms with E-state index >= 15 is 0 Å². The summed E-state index contributed by atoms with van der Waals surface area (Å²) in [4.78, 5) is 6.60. The van der Waals surface area contributed by atoms with E-state index in [9.17, 15) is 0 Å². The van der Waals surface area contributed by atoms with Gasteiger partial charge in [0.25, 0.3) is 0 Å². The zero-order chi connectivity index (χ0) is 11.1. The highest BCUT2D eigenvalue weighted by molar-refractivity contribution is 14.1. The van der Waals surface area contributed by atoms with E-state index in [2.05, 4.69) is 38.5 Å². The summed E-state index contributed by atoms with van der Waals surface area (Å²) >= 11 is 2.25. The Morgan fingerprint density at radius 1 is 1.62 bits per heavy atom. The fraction of sp³-hybridized carbons (Fsp3) is 0.455. The van der Waals surface area contributed by atoms with Crippen LogP contribution >= 0.6 is 22.6 Å². The van der Waals surface area contributed by atoms with Crippen LogP contribution in [0.25, 0.3) is 0 Å². The summed E-state index contributed by atoms with van der Waals surface area (Å²) in [5.41, 5.74) is 0. The standard InChI is InChI=1S/C11H10IN3O/c12-9-1-2-14-11-10(9)16-6-8-3-7(4-13)5-15(8)11/h1-2,7-8H,3,5-6H2/t7-,8+/m1/s1. The predicted molar refractivity (Wildman–Crippen MR) is 67.3 cm³/mol. The molecule has 82 valence electrons. The van der Waals surface area contributed by atoms with Crippen molar-refractivity contribution < 1.29 is 4.74 Å². The summed E-state index contributed by atoms with van der Waals surface area (Å²) in [7, 11) is 0. The minimum absolute atomic E-state index is 0.110. The Balaban J connectivity index is 2.01. The van der Waals surface area contributed by atoms with E-state index in [1.807, 2.05) is 6.07 Å². The van der Waals surface area contributed by atoms with Gasteiger partial charge in [-0.25, -0.2) is 4.98 Å². The smallest absolute Gasteiger partial charge is 0.175 e. The van der Waals surface area contributed by atoms with Crippen LogP contribution in [0.2, 0.25) is 0 Å². The molecule has 1 aromatic heterocycles. The third-order valence-electron chi connectivity index (χ3n) is 3.13. The number of fused-ring (bicyclic) bond motifs is 3. The number of pyridine rings is 1. The van der Waals surface area contributed by atoms with Gasteiger partial charge in [0.15, 0.2) is 11.6 Å². The van der Waals surface area contributed by atoms with Crippen molar-refractivity contribution >= 4 is 28.4 Å². The summed E-state index contributed by atoms with van der Waals surface area (Å²) in [5.74, 6) is 1.89. The molecule has 3 heterocycles. The van der Waals surface area contributed by atoms with E-state index < -0.39 is 0 Å². The van der Waals surface area contributed by atoms with Gasteiger partial charge in [-0.05, 0) is 35.1 Å². The highest BCUT2D eigenvalue weighted by atomic mass is 127. The van der Waals surface area contributed by atoms with E-state index in [0.29, 0.717) is 12.6 Å². The van der Waals surface area contributed by atoms with Crippen LogP contribution < -0.4 is 9.64 Å². The Morgan fingerprint density at radius 2 is 2.50 bits per heavy atom. The molecule has 4 nitrogen and oxygen atoms in total. The Bertz CT molecular complexity index is 471. The number of ether oxygens (including phenoxy) is 1. The zero-order valence-electron chi connectivity index (χ0n) is 8.56. The first-order valence-corrected chi connectivity index (χ1v) is 6.31. The normalized spacial score (nSPS) is 26.6. The summed E-state index contributed by atoms with van der Waals surface area (Å²) in [6.07, 6.45) is 2.69. The molecule has 2 aliphatic heterocycles. The van der Waals surface area contributed by atoms with Gasteiger partial charge in [0.2, 0.25) is 0 Å². The lowest BCUT2D eigenvalue weighted by atomic mass is 10.1. The number of aromatic nitrogens is 1. The number of nitriles is 1. The third kappa shape index (κ3) is 1.44. The number of nitrogens with zero attached hydrogens (tertiary/aromatic N) is 3. The summed E-state index contributed by atoms with van der Waals surface area (Å²) in [5, 5.41) is 8.98. The second-order valence-electron chi connectivity index (χ2n) is 4.12. The average molecular weight is 327 g/mol. The molecular formula is C11H10IN3O. The van der Waals surface area contributed by atoms with E-state index in [0.717, 1.165) is 28.1 Å². The van der Waals surface area contributed by atoms with Gasteiger partial charge in [-0.2, -0.15) is 5.26 Å². The number of rotatable bonds is 0. The van der Waals surface area contributed by atoms with Crippen LogP contribution in [0.3, 0.4) is 0 Å². The molecule has 0 amide bonds. The van der Waals surface area contributed by atoms with Crippen LogP contribution in [0.5, 0.6) is 5.75 Å². The molecule has 16 heavy (non-hydrogen) atoms. The number of halogens is 1. The highest BCUT2D eigenvalue weighted by Gasteiger charge is 2.38. The Morgan fingerprint density at radius 3 is 3.31 bits per heavy atom. The van der Waals surface area contributed by atoms with Gasteiger partial charge in [0.05, 0.1) is 21.6 Å². The van der Waals surface area contributed by atoms with Crippen molar-refractivity contribution in [2.45, 2.75) is 12.5 Å². The van der Waals surface area contributed by atoms with Crippen molar-refractivity contribution in [2.75, 3.05) is 18.1 Å². The Labute approximate surface area is 107 Å². The molecule has 0 saturated carbocycles. The SMILES string of the molecule is N#C[C@H]1C[C@H]2COc3c(I)ccnc3N2C1. The lowest BCUT2D eigenvalue weighted by Gasteiger charge is -2.32. The van der Waals surface area contributed by atoms with Crippen LogP contribution in [-0.2, 0) is 0 Å². The molecule has 5 heteroatoms. The topological polar surface area (TPSA) is 49.1 Å². The first-order chi connectivity index (χ1) is 7.79. The van der Waals surface area contributed by atoms with Crippen LogP contribution in [0.15, 0.2) is 12.3 Å². The molecule has 0 aliphatic carbocycles. The maximum atomic E-state index is 8.98. The van der Waals surface area contributed by atoms with Crippen LogP contribution in [0.1, 0.15) is 6.42 Å². The molecule has 1 fully saturated rings. The average Bonchev–Trinajstić information content (AvgIpc) is 2.72. The van der Waals surface area contributed by atoms with Crippen molar-refractivity contribution in [2.24, 2.45) is 5.92 Å². The van der Waals surface area contributed by atoms with Gasteiger partial charge >= 0.3 is 0 Å². The van der Waals surface area contributed by atoms with Gasteiger partial charge in [0.1, 0.15) is 6.61 Å². The fourth-order valence-electron chi connectivity index (χ4n) is 2.36. The molecule has 2 aliphatic rings. The third-order valence-corrected chi connectivity index (χ3v) is 3.98. The van der Waals surface area contributed by atoms with E-state index in [1.54, 1.807) is 6.20 Å². The highest BCUT2D eigenvalue weighted by Crippen LogP contribution is 2.40. The van der Waals surface area contributed by atoms with Gasteiger partial charge in [0, 0.05) is 12.7 Å². The van der Waals surface area contributed by atoms with Crippen molar-refractivity contribution in [3.63, 3.8) is 0 Å². The van der Waals surface area contributed by atoms with Gasteiger partial charge in [-0.1, -0.05) is 0 Å². The van der Waals surface area contributed by atoms with Crippen LogP contribution in [-0.4, -0.2) is 24.2 Å². The van der Waals surface area contributed by atoms with Crippen molar-refractivity contribution in [1.82, 2.24) is 4.98 Å². The number of hydrogen-bond donors (Lipinski definition) is 0. The Hall–Kier alpha value is -1.03. The van der Waals surface area contributed by atoms with Gasteiger partial charge in [-0.3, -0.25) is 0 Å². The maximum absolute atomic E-state index is 8.98. The lowest BCUT2D eigenvalue weighted by molar-refractivity contribution is 0.267. The molecule has 0 aromatic carbocycles. The zero-order valence-corrected chi connectivity index (χ0v) is 10.7. The maximum Gasteiger partial charge on any atom is 0.175 e. The molecule has 3 rings (SSSR count). The second-order valence-corrected chi connectivity index (χ2v) is 5.29. The summed E-state index contributed by atoms with van der Waals surface area (Å²) < 4.78 is 6.82. The predicted octanol–water partition coefficient (Wildman–Crippen LogP) is 1.80. The lowest BCUT2D eigenvalue weighted by Crippen LogP contribution is -2.39. The number of hydrogen-bond acceptors (Lipinski definition) is 4. The van der Waals surface area contributed by atoms with Crippen molar-refractivity contribution in [3.8, 4) is 11.8 Å². The van der Waals surface area contributed by atoms with Crippen molar-refractivity contribution in [3.05, 3.63) is 15.8 Å². The minimum Gasteiger partial charge on any atom is -0.486 e. The van der Waals surface area contributed by atoms with E-state index in [4.69, 9.17) is 10.00 Å².